The van der Waals surface area contributed by atoms with E-state index in [4.69, 9.17) is 5.11 Å². The summed E-state index contributed by atoms with van der Waals surface area (Å²) in [5, 5.41) is 22.4. The van der Waals surface area contributed by atoms with Gasteiger partial charge in [-0.3, -0.25) is 10.1 Å². The zero-order chi connectivity index (χ0) is 8.97. The van der Waals surface area contributed by atoms with E-state index in [1.807, 2.05) is 5.38 Å². The number of rotatable bonds is 3. The third-order valence-corrected chi connectivity index (χ3v) is 1.97. The number of hydrogen-bond donors (Lipinski definition) is 1. The Labute approximate surface area is 72.9 Å². The lowest BCUT2D eigenvalue weighted by molar-refractivity contribution is -0.428. The zero-order valence-electron chi connectivity index (χ0n) is 6.14. The van der Waals surface area contributed by atoms with Gasteiger partial charge in [0, 0.05) is 6.08 Å². The summed E-state index contributed by atoms with van der Waals surface area (Å²) < 4.78 is 0. The summed E-state index contributed by atoms with van der Waals surface area (Å²) in [6, 6.07) is 1.75. The van der Waals surface area contributed by atoms with Crippen molar-refractivity contribution in [2.45, 2.75) is 0 Å². The lowest BCUT2D eigenvalue weighted by atomic mass is 10.3. The highest BCUT2D eigenvalue weighted by atomic mass is 32.1. The molecule has 1 aromatic rings. The molecule has 0 aliphatic carbocycles. The van der Waals surface area contributed by atoms with E-state index in [1.54, 1.807) is 11.4 Å². The highest BCUT2D eigenvalue weighted by Crippen LogP contribution is 2.10. The molecule has 0 amide bonds. The van der Waals surface area contributed by atoms with Gasteiger partial charge in [0.25, 0.3) is 5.70 Å². The molecule has 12 heavy (non-hydrogen) atoms. The Morgan fingerprint density at radius 3 is 3.00 bits per heavy atom. The molecular formula is C7H7NO3S. The standard InChI is InChI=1S/C7H7NO3S/c9-4-7(8(10)11)3-6-1-2-12-5-6/h1-3,5,9H,4H2. The molecule has 0 saturated carbocycles. The van der Waals surface area contributed by atoms with Crippen LogP contribution in [0, 0.1) is 10.1 Å². The van der Waals surface area contributed by atoms with E-state index in [-0.39, 0.29) is 5.70 Å². The average molecular weight is 185 g/mol. The minimum Gasteiger partial charge on any atom is -0.385 e. The van der Waals surface area contributed by atoms with Crippen molar-refractivity contribution >= 4 is 17.4 Å². The SMILES string of the molecule is O=[N+]([O-])C(=Cc1ccsc1)CO. The number of aliphatic hydroxyl groups is 1. The Hall–Kier alpha value is -1.20. The van der Waals surface area contributed by atoms with Gasteiger partial charge in [-0.05, 0) is 22.4 Å². The van der Waals surface area contributed by atoms with Gasteiger partial charge in [0.2, 0.25) is 0 Å². The quantitative estimate of drug-likeness (QED) is 0.571. The molecule has 1 heterocycles. The first-order chi connectivity index (χ1) is 5.74. The van der Waals surface area contributed by atoms with Gasteiger partial charge in [-0.25, -0.2) is 0 Å². The van der Waals surface area contributed by atoms with Crippen LogP contribution in [0.4, 0.5) is 0 Å². The van der Waals surface area contributed by atoms with Crippen molar-refractivity contribution in [2.24, 2.45) is 0 Å². The Balaban J connectivity index is 2.85. The highest BCUT2D eigenvalue weighted by molar-refractivity contribution is 7.08. The lowest BCUT2D eigenvalue weighted by Gasteiger charge is -1.90. The van der Waals surface area contributed by atoms with E-state index >= 15 is 0 Å². The van der Waals surface area contributed by atoms with Gasteiger partial charge in [-0.1, -0.05) is 0 Å². The molecule has 0 saturated heterocycles. The van der Waals surface area contributed by atoms with Crippen molar-refractivity contribution in [3.8, 4) is 0 Å². The fraction of sp³-hybridized carbons (Fsp3) is 0.143. The Bertz CT molecular complexity index is 292. The molecule has 5 heteroatoms. The summed E-state index contributed by atoms with van der Waals surface area (Å²) in [6.07, 6.45) is 1.36. The Kier molecular flexibility index (Phi) is 2.95. The van der Waals surface area contributed by atoms with Gasteiger partial charge in [0.15, 0.2) is 0 Å². The Morgan fingerprint density at radius 2 is 2.58 bits per heavy atom. The second-order valence-electron chi connectivity index (χ2n) is 2.11. The van der Waals surface area contributed by atoms with Gasteiger partial charge in [-0.15, -0.1) is 0 Å². The smallest absolute Gasteiger partial charge is 0.272 e. The molecule has 0 radical (unpaired) electrons. The van der Waals surface area contributed by atoms with Gasteiger partial charge >= 0.3 is 0 Å². The van der Waals surface area contributed by atoms with Crippen molar-refractivity contribution in [1.29, 1.82) is 0 Å². The minimum atomic E-state index is -0.586. The molecule has 0 atom stereocenters. The maximum absolute atomic E-state index is 10.2. The lowest BCUT2D eigenvalue weighted by Crippen LogP contribution is -2.02. The second kappa shape index (κ2) is 3.99. The zero-order valence-corrected chi connectivity index (χ0v) is 6.95. The first-order valence-electron chi connectivity index (χ1n) is 3.22. The predicted octanol–water partition coefficient (Wildman–Crippen LogP) is 1.36. The minimum absolute atomic E-state index is 0.187. The largest absolute Gasteiger partial charge is 0.385 e. The topological polar surface area (TPSA) is 63.4 Å². The summed E-state index contributed by atoms with van der Waals surface area (Å²) in [5.74, 6) is 0. The fourth-order valence-electron chi connectivity index (χ4n) is 0.706. The van der Waals surface area contributed by atoms with Crippen LogP contribution in [0.1, 0.15) is 5.56 Å². The van der Waals surface area contributed by atoms with E-state index in [1.165, 1.54) is 17.4 Å². The van der Waals surface area contributed by atoms with Crippen LogP contribution in [0.15, 0.2) is 22.5 Å². The number of nitrogens with zero attached hydrogens (tertiary/aromatic N) is 1. The van der Waals surface area contributed by atoms with Crippen LogP contribution >= 0.6 is 11.3 Å². The van der Waals surface area contributed by atoms with Crippen molar-refractivity contribution in [3.05, 3.63) is 38.2 Å². The average Bonchev–Trinajstić information content (AvgIpc) is 2.51. The number of thiophene rings is 1. The summed E-state index contributed by atoms with van der Waals surface area (Å²) in [4.78, 5) is 9.65. The molecule has 0 spiro atoms. The normalized spacial score (nSPS) is 11.6. The molecule has 4 nitrogen and oxygen atoms in total. The molecule has 0 fully saturated rings. The second-order valence-corrected chi connectivity index (χ2v) is 2.89. The molecule has 1 N–H and O–H groups in total. The summed E-state index contributed by atoms with van der Waals surface area (Å²) in [6.45, 7) is -0.539. The van der Waals surface area contributed by atoms with Crippen LogP contribution < -0.4 is 0 Å². The van der Waals surface area contributed by atoms with E-state index < -0.39 is 11.5 Å². The van der Waals surface area contributed by atoms with Crippen molar-refractivity contribution in [1.82, 2.24) is 0 Å². The molecule has 1 aromatic heterocycles. The maximum Gasteiger partial charge on any atom is 0.272 e. The van der Waals surface area contributed by atoms with E-state index in [0.29, 0.717) is 0 Å². The van der Waals surface area contributed by atoms with Crippen LogP contribution in [0.3, 0.4) is 0 Å². The van der Waals surface area contributed by atoms with E-state index in [0.717, 1.165) is 5.56 Å². The first-order valence-corrected chi connectivity index (χ1v) is 4.16. The van der Waals surface area contributed by atoms with Crippen molar-refractivity contribution in [2.75, 3.05) is 6.61 Å². The van der Waals surface area contributed by atoms with Crippen LogP contribution in [0.2, 0.25) is 0 Å². The van der Waals surface area contributed by atoms with E-state index in [2.05, 4.69) is 0 Å². The van der Waals surface area contributed by atoms with Crippen LogP contribution in [-0.2, 0) is 0 Å². The van der Waals surface area contributed by atoms with Crippen LogP contribution in [-0.4, -0.2) is 16.6 Å². The summed E-state index contributed by atoms with van der Waals surface area (Å²) in [5.41, 5.74) is 0.564. The third-order valence-electron chi connectivity index (χ3n) is 1.27. The molecule has 0 bridgehead atoms. The predicted molar refractivity (Wildman–Crippen MR) is 46.4 cm³/mol. The van der Waals surface area contributed by atoms with Gasteiger partial charge in [0.1, 0.15) is 6.61 Å². The molecular weight excluding hydrogens is 178 g/mol. The first kappa shape index (κ1) is 8.89. The number of hydrogen-bond acceptors (Lipinski definition) is 4. The third kappa shape index (κ3) is 2.14. The number of nitro groups is 1. The van der Waals surface area contributed by atoms with Gasteiger partial charge in [0.05, 0.1) is 4.92 Å². The fourth-order valence-corrected chi connectivity index (χ4v) is 1.32. The molecule has 0 unspecified atom stereocenters. The van der Waals surface area contributed by atoms with Crippen molar-refractivity contribution in [3.63, 3.8) is 0 Å². The molecule has 1 rings (SSSR count). The van der Waals surface area contributed by atoms with Crippen LogP contribution in [0.25, 0.3) is 6.08 Å². The highest BCUT2D eigenvalue weighted by Gasteiger charge is 2.07. The number of aliphatic hydroxyl groups excluding tert-OH is 1. The van der Waals surface area contributed by atoms with Gasteiger partial charge < -0.3 is 5.11 Å². The molecule has 0 aliphatic heterocycles. The van der Waals surface area contributed by atoms with Crippen molar-refractivity contribution < 1.29 is 10.0 Å². The van der Waals surface area contributed by atoms with Crippen LogP contribution in [0.5, 0.6) is 0 Å². The summed E-state index contributed by atoms with van der Waals surface area (Å²) in [7, 11) is 0. The summed E-state index contributed by atoms with van der Waals surface area (Å²) >= 11 is 1.45. The van der Waals surface area contributed by atoms with Gasteiger partial charge in [-0.2, -0.15) is 11.3 Å². The Morgan fingerprint density at radius 1 is 1.83 bits per heavy atom. The monoisotopic (exact) mass is 185 g/mol. The molecule has 0 aliphatic rings. The maximum atomic E-state index is 10.2. The molecule has 0 aromatic carbocycles. The molecule has 64 valence electrons. The van der Waals surface area contributed by atoms with E-state index in [9.17, 15) is 10.1 Å².